The summed E-state index contributed by atoms with van der Waals surface area (Å²) in [4.78, 5) is 0. The number of rotatable bonds is 0. The number of hydrogen-bond donors (Lipinski definition) is 0. The third kappa shape index (κ3) is 1.11. The number of halogens is 2. The van der Waals surface area contributed by atoms with Crippen molar-refractivity contribution >= 4 is 0 Å². The molecule has 0 N–H and O–H groups in total. The molecule has 0 amide bonds. The molecule has 2 heteroatoms. The van der Waals surface area contributed by atoms with E-state index >= 15 is 0 Å². The monoisotopic (exact) mass is 144 g/mol. The van der Waals surface area contributed by atoms with Crippen molar-refractivity contribution in [1.82, 2.24) is 0 Å². The van der Waals surface area contributed by atoms with E-state index in [1.807, 2.05) is 0 Å². The molecule has 0 bridgehead atoms. The lowest BCUT2D eigenvalue weighted by Crippen LogP contribution is -2.15. The molecule has 1 aliphatic carbocycles. The molecule has 0 radical (unpaired) electrons. The van der Waals surface area contributed by atoms with Gasteiger partial charge in [0, 0.05) is 5.92 Å². The zero-order chi connectivity index (χ0) is 7.72. The molecule has 2 atom stereocenters. The maximum atomic E-state index is 12.7. The Morgan fingerprint density at radius 2 is 2.10 bits per heavy atom. The molecule has 1 aliphatic rings. The van der Waals surface area contributed by atoms with Gasteiger partial charge in [-0.2, -0.15) is 0 Å². The van der Waals surface area contributed by atoms with E-state index in [0.717, 1.165) is 0 Å². The molecule has 0 saturated heterocycles. The van der Waals surface area contributed by atoms with Gasteiger partial charge in [0.15, 0.2) is 6.17 Å². The molecule has 0 nitrogen and oxygen atoms in total. The lowest BCUT2D eigenvalue weighted by Gasteiger charge is -2.16. The Hall–Kier alpha value is -0.660. The zero-order valence-electron chi connectivity index (χ0n) is 6.07. The Balaban J connectivity index is 2.88. The third-order valence-corrected chi connectivity index (χ3v) is 1.73. The van der Waals surface area contributed by atoms with Gasteiger partial charge in [0.05, 0.1) is 0 Å². The van der Waals surface area contributed by atoms with E-state index in [0.29, 0.717) is 5.57 Å². The molecule has 1 rings (SSSR count). The molecule has 56 valence electrons. The van der Waals surface area contributed by atoms with E-state index in [2.05, 4.69) is 0 Å². The Morgan fingerprint density at radius 1 is 1.50 bits per heavy atom. The average molecular weight is 144 g/mol. The molecule has 0 saturated carbocycles. The van der Waals surface area contributed by atoms with E-state index in [1.54, 1.807) is 26.0 Å². The van der Waals surface area contributed by atoms with Crippen LogP contribution in [0.1, 0.15) is 13.8 Å². The molecule has 10 heavy (non-hydrogen) atoms. The predicted molar refractivity (Wildman–Crippen MR) is 37.0 cm³/mol. The maximum absolute atomic E-state index is 12.7. The van der Waals surface area contributed by atoms with Crippen LogP contribution in [0.25, 0.3) is 0 Å². The first-order valence-electron chi connectivity index (χ1n) is 3.31. The number of alkyl halides is 1. The fourth-order valence-corrected chi connectivity index (χ4v) is 0.922. The molecule has 0 aromatic heterocycles. The molecular formula is C8H10F2. The summed E-state index contributed by atoms with van der Waals surface area (Å²) >= 11 is 0. The first-order chi connectivity index (χ1) is 4.63. The summed E-state index contributed by atoms with van der Waals surface area (Å²) in [6.45, 7) is 3.23. The maximum Gasteiger partial charge on any atom is 0.158 e. The van der Waals surface area contributed by atoms with Crippen LogP contribution >= 0.6 is 0 Å². The van der Waals surface area contributed by atoms with E-state index in [9.17, 15) is 8.78 Å². The quantitative estimate of drug-likeness (QED) is 0.490. The van der Waals surface area contributed by atoms with Crippen LogP contribution in [-0.4, -0.2) is 6.17 Å². The van der Waals surface area contributed by atoms with E-state index in [4.69, 9.17) is 0 Å². The van der Waals surface area contributed by atoms with Crippen LogP contribution < -0.4 is 0 Å². The number of allylic oxidation sites excluding steroid dienone is 4. The van der Waals surface area contributed by atoms with Crippen LogP contribution in [0, 0.1) is 5.92 Å². The summed E-state index contributed by atoms with van der Waals surface area (Å²) < 4.78 is 25.4. The number of hydrogen-bond acceptors (Lipinski definition) is 0. The summed E-state index contributed by atoms with van der Waals surface area (Å²) in [5.41, 5.74) is 0.408. The van der Waals surface area contributed by atoms with Gasteiger partial charge in [-0.05, 0) is 12.5 Å². The second kappa shape index (κ2) is 2.52. The fraction of sp³-hybridized carbons (Fsp3) is 0.500. The van der Waals surface area contributed by atoms with Crippen LogP contribution in [0.3, 0.4) is 0 Å². The van der Waals surface area contributed by atoms with Gasteiger partial charge in [-0.25, -0.2) is 8.78 Å². The van der Waals surface area contributed by atoms with Crippen molar-refractivity contribution in [2.75, 3.05) is 0 Å². The summed E-state index contributed by atoms with van der Waals surface area (Å²) in [6.07, 6.45) is 1.88. The molecule has 0 aromatic carbocycles. The van der Waals surface area contributed by atoms with Gasteiger partial charge in [-0.3, -0.25) is 0 Å². The van der Waals surface area contributed by atoms with Gasteiger partial charge in [0.2, 0.25) is 0 Å². The van der Waals surface area contributed by atoms with Crippen LogP contribution in [0.2, 0.25) is 0 Å². The van der Waals surface area contributed by atoms with Gasteiger partial charge in [0.1, 0.15) is 5.83 Å². The Bertz CT molecular complexity index is 191. The fourth-order valence-electron chi connectivity index (χ4n) is 0.922. The summed E-state index contributed by atoms with van der Waals surface area (Å²) in [5.74, 6) is -0.932. The molecule has 0 heterocycles. The molecule has 0 aromatic rings. The lowest BCUT2D eigenvalue weighted by molar-refractivity contribution is 0.268. The highest BCUT2D eigenvalue weighted by Gasteiger charge is 2.23. The first-order valence-corrected chi connectivity index (χ1v) is 3.31. The van der Waals surface area contributed by atoms with Crippen LogP contribution in [0.15, 0.2) is 23.6 Å². The zero-order valence-corrected chi connectivity index (χ0v) is 6.07. The standard InChI is InChI=1S/C8H10F2/c1-5-3-4-6(2)8(10)7(5)9/h3-5,7H,1-2H3. The van der Waals surface area contributed by atoms with Gasteiger partial charge >= 0.3 is 0 Å². The predicted octanol–water partition coefficient (Wildman–Crippen LogP) is 2.77. The van der Waals surface area contributed by atoms with Crippen molar-refractivity contribution in [1.29, 1.82) is 0 Å². The average Bonchev–Trinajstić information content (AvgIpc) is 1.93. The Labute approximate surface area is 59.2 Å². The summed E-state index contributed by atoms with van der Waals surface area (Å²) in [7, 11) is 0. The van der Waals surface area contributed by atoms with Crippen molar-refractivity contribution in [2.24, 2.45) is 5.92 Å². The van der Waals surface area contributed by atoms with E-state index in [1.165, 1.54) is 0 Å². The van der Waals surface area contributed by atoms with Crippen LogP contribution in [0.4, 0.5) is 8.78 Å². The van der Waals surface area contributed by atoms with Gasteiger partial charge in [-0.1, -0.05) is 19.1 Å². The van der Waals surface area contributed by atoms with Crippen molar-refractivity contribution in [3.05, 3.63) is 23.6 Å². The van der Waals surface area contributed by atoms with Crippen molar-refractivity contribution in [2.45, 2.75) is 20.0 Å². The van der Waals surface area contributed by atoms with Crippen LogP contribution in [0.5, 0.6) is 0 Å². The molecule has 0 fully saturated rings. The van der Waals surface area contributed by atoms with E-state index in [-0.39, 0.29) is 5.92 Å². The second-order valence-corrected chi connectivity index (χ2v) is 2.65. The SMILES string of the molecule is CC1=C(F)C(F)C(C)C=C1. The van der Waals surface area contributed by atoms with Crippen molar-refractivity contribution < 1.29 is 8.78 Å². The normalized spacial score (nSPS) is 33.2. The van der Waals surface area contributed by atoms with Gasteiger partial charge < -0.3 is 0 Å². The molecule has 2 unspecified atom stereocenters. The second-order valence-electron chi connectivity index (χ2n) is 2.65. The van der Waals surface area contributed by atoms with Crippen molar-refractivity contribution in [3.8, 4) is 0 Å². The molecule has 0 aliphatic heterocycles. The Kier molecular flexibility index (Phi) is 1.88. The Morgan fingerprint density at radius 3 is 2.60 bits per heavy atom. The molecular weight excluding hydrogens is 134 g/mol. The minimum absolute atomic E-state index is 0.316. The van der Waals surface area contributed by atoms with Crippen LogP contribution in [-0.2, 0) is 0 Å². The highest BCUT2D eigenvalue weighted by Crippen LogP contribution is 2.26. The lowest BCUT2D eigenvalue weighted by atomic mass is 9.96. The summed E-state index contributed by atoms with van der Waals surface area (Å²) in [6, 6.07) is 0. The largest absolute Gasteiger partial charge is 0.239 e. The highest BCUT2D eigenvalue weighted by molar-refractivity contribution is 5.28. The molecule has 0 spiro atoms. The minimum Gasteiger partial charge on any atom is -0.239 e. The van der Waals surface area contributed by atoms with Gasteiger partial charge in [-0.15, -0.1) is 0 Å². The van der Waals surface area contributed by atoms with E-state index < -0.39 is 12.0 Å². The summed E-state index contributed by atoms with van der Waals surface area (Å²) in [5, 5.41) is 0. The minimum atomic E-state index is -1.43. The highest BCUT2D eigenvalue weighted by atomic mass is 19.2. The van der Waals surface area contributed by atoms with Crippen molar-refractivity contribution in [3.63, 3.8) is 0 Å². The topological polar surface area (TPSA) is 0 Å². The van der Waals surface area contributed by atoms with Gasteiger partial charge in [0.25, 0.3) is 0 Å². The first kappa shape index (κ1) is 7.45. The third-order valence-electron chi connectivity index (χ3n) is 1.73. The smallest absolute Gasteiger partial charge is 0.158 e.